The van der Waals surface area contributed by atoms with Gasteiger partial charge in [-0.05, 0) is 36.8 Å². The van der Waals surface area contributed by atoms with Gasteiger partial charge in [-0.3, -0.25) is 14.6 Å². The molecule has 2 heterocycles. The van der Waals surface area contributed by atoms with E-state index in [2.05, 4.69) is 20.9 Å². The number of rotatable bonds is 5. The van der Waals surface area contributed by atoms with E-state index in [0.717, 1.165) is 10.9 Å². The molecular formula is C18H17BrN2O3. The number of hydrogen-bond donors (Lipinski definition) is 1. The molecule has 3 rings (SSSR count). The van der Waals surface area contributed by atoms with Crippen molar-refractivity contribution in [3.63, 3.8) is 0 Å². The summed E-state index contributed by atoms with van der Waals surface area (Å²) < 4.78 is 0.752. The molecule has 1 aromatic carbocycles. The average Bonchev–Trinajstić information content (AvgIpc) is 2.78. The van der Waals surface area contributed by atoms with Crippen molar-refractivity contribution < 1.29 is 14.7 Å². The molecule has 5 nitrogen and oxygen atoms in total. The average molecular weight is 389 g/mol. The zero-order chi connectivity index (χ0) is 17.3. The van der Waals surface area contributed by atoms with Crippen LogP contribution in [0.4, 0.5) is 5.69 Å². The number of pyridine rings is 1. The molecule has 1 aromatic heterocycles. The molecule has 1 atom stereocenters. The van der Waals surface area contributed by atoms with Crippen molar-refractivity contribution in [3.05, 3.63) is 58.3 Å². The van der Waals surface area contributed by atoms with Gasteiger partial charge >= 0.3 is 0 Å². The number of halogens is 1. The predicted molar refractivity (Wildman–Crippen MR) is 93.9 cm³/mol. The van der Waals surface area contributed by atoms with Gasteiger partial charge in [-0.25, -0.2) is 0 Å². The molecule has 0 saturated carbocycles. The Labute approximate surface area is 148 Å². The maximum Gasteiger partial charge on any atom is 0.264 e. The molecule has 1 aliphatic heterocycles. The number of amides is 1. The van der Waals surface area contributed by atoms with Crippen LogP contribution in [0.1, 0.15) is 35.7 Å². The van der Waals surface area contributed by atoms with E-state index in [4.69, 9.17) is 0 Å². The van der Waals surface area contributed by atoms with E-state index in [1.165, 1.54) is 12.4 Å². The fourth-order valence-electron chi connectivity index (χ4n) is 3.01. The summed E-state index contributed by atoms with van der Waals surface area (Å²) in [6.07, 6.45) is 3.50. The summed E-state index contributed by atoms with van der Waals surface area (Å²) >= 11 is 3.37. The lowest BCUT2D eigenvalue weighted by Gasteiger charge is -2.22. The quantitative estimate of drug-likeness (QED) is 0.798. The normalized spacial score (nSPS) is 19.5. The van der Waals surface area contributed by atoms with Crippen molar-refractivity contribution in [1.29, 1.82) is 0 Å². The van der Waals surface area contributed by atoms with E-state index >= 15 is 0 Å². The third-order valence-electron chi connectivity index (χ3n) is 4.16. The molecule has 0 bridgehead atoms. The molecule has 0 fully saturated rings. The fraction of sp³-hybridized carbons (Fsp3) is 0.278. The molecule has 1 amide bonds. The first kappa shape index (κ1) is 16.8. The Kier molecular flexibility index (Phi) is 4.51. The second-order valence-corrected chi connectivity index (χ2v) is 6.73. The lowest BCUT2D eigenvalue weighted by molar-refractivity contribution is -0.135. The maximum absolute atomic E-state index is 12.8. The Morgan fingerprint density at radius 3 is 2.67 bits per heavy atom. The van der Waals surface area contributed by atoms with E-state index < -0.39 is 11.5 Å². The molecule has 0 aliphatic carbocycles. The number of benzene rings is 1. The highest BCUT2D eigenvalue weighted by Gasteiger charge is 2.50. The third-order valence-corrected chi connectivity index (χ3v) is 4.65. The number of carbonyl (C=O) groups is 2. The Hall–Kier alpha value is -2.05. The summed E-state index contributed by atoms with van der Waals surface area (Å²) in [5, 5.41) is 11.1. The van der Waals surface area contributed by atoms with Gasteiger partial charge in [0.1, 0.15) is 0 Å². The van der Waals surface area contributed by atoms with E-state index in [1.807, 2.05) is 13.0 Å². The number of nitrogens with zero attached hydrogens (tertiary/aromatic N) is 2. The first-order valence-electron chi connectivity index (χ1n) is 7.75. The number of hydrogen-bond acceptors (Lipinski definition) is 4. The summed E-state index contributed by atoms with van der Waals surface area (Å²) in [5.41, 5.74) is -0.279. The van der Waals surface area contributed by atoms with Crippen LogP contribution in [-0.2, 0) is 10.4 Å². The fourth-order valence-corrected chi connectivity index (χ4v) is 3.37. The summed E-state index contributed by atoms with van der Waals surface area (Å²) in [4.78, 5) is 30.8. The highest BCUT2D eigenvalue weighted by atomic mass is 79.9. The van der Waals surface area contributed by atoms with Gasteiger partial charge in [0.2, 0.25) is 0 Å². The maximum atomic E-state index is 12.8. The van der Waals surface area contributed by atoms with Gasteiger partial charge in [0.15, 0.2) is 11.4 Å². The van der Waals surface area contributed by atoms with Crippen molar-refractivity contribution in [2.45, 2.75) is 25.4 Å². The third kappa shape index (κ3) is 2.76. The first-order valence-corrected chi connectivity index (χ1v) is 8.54. The molecule has 124 valence electrons. The summed E-state index contributed by atoms with van der Waals surface area (Å²) in [6, 6.07) is 8.49. The minimum Gasteiger partial charge on any atom is -0.375 e. The van der Waals surface area contributed by atoms with Crippen LogP contribution < -0.4 is 4.90 Å². The van der Waals surface area contributed by atoms with Crippen LogP contribution in [0.25, 0.3) is 0 Å². The van der Waals surface area contributed by atoms with Crippen molar-refractivity contribution in [3.8, 4) is 0 Å². The minimum atomic E-state index is -1.84. The molecule has 2 aromatic rings. The predicted octanol–water partition coefficient (Wildman–Crippen LogP) is 3.06. The van der Waals surface area contributed by atoms with Crippen LogP contribution in [0.15, 0.2) is 47.2 Å². The zero-order valence-corrected chi connectivity index (χ0v) is 14.8. The van der Waals surface area contributed by atoms with E-state index in [1.54, 1.807) is 29.2 Å². The van der Waals surface area contributed by atoms with Crippen molar-refractivity contribution >= 4 is 33.3 Å². The molecule has 6 heteroatoms. The van der Waals surface area contributed by atoms with E-state index in [-0.39, 0.29) is 12.2 Å². The number of Topliss-reactive ketones (excluding diaryl/α,β-unsaturated/α-hetero) is 1. The number of anilines is 1. The SMILES string of the molecule is CCCN1C(=O)[C@](O)(CC(=O)c2ccncc2)c2cc(Br)ccc21. The lowest BCUT2D eigenvalue weighted by Crippen LogP contribution is -2.42. The summed E-state index contributed by atoms with van der Waals surface area (Å²) in [6.45, 7) is 2.46. The Morgan fingerprint density at radius 2 is 2.00 bits per heavy atom. The number of aromatic nitrogens is 1. The monoisotopic (exact) mass is 388 g/mol. The molecule has 0 radical (unpaired) electrons. The molecular weight excluding hydrogens is 372 g/mol. The molecule has 1 aliphatic rings. The lowest BCUT2D eigenvalue weighted by atomic mass is 9.88. The van der Waals surface area contributed by atoms with Crippen LogP contribution in [-0.4, -0.2) is 28.3 Å². The van der Waals surface area contributed by atoms with E-state index in [9.17, 15) is 14.7 Å². The Bertz CT molecular complexity index is 794. The molecule has 1 N–H and O–H groups in total. The topological polar surface area (TPSA) is 70.5 Å². The van der Waals surface area contributed by atoms with Crippen molar-refractivity contribution in [2.24, 2.45) is 0 Å². The van der Waals surface area contributed by atoms with Gasteiger partial charge in [-0.15, -0.1) is 0 Å². The molecule has 24 heavy (non-hydrogen) atoms. The number of ketones is 1. The van der Waals surface area contributed by atoms with Gasteiger partial charge in [-0.1, -0.05) is 22.9 Å². The smallest absolute Gasteiger partial charge is 0.264 e. The zero-order valence-electron chi connectivity index (χ0n) is 13.2. The number of aliphatic hydroxyl groups is 1. The van der Waals surface area contributed by atoms with Crippen LogP contribution >= 0.6 is 15.9 Å². The van der Waals surface area contributed by atoms with Crippen LogP contribution in [0, 0.1) is 0 Å². The molecule has 0 spiro atoms. The highest BCUT2D eigenvalue weighted by Crippen LogP contribution is 2.44. The number of fused-ring (bicyclic) bond motifs is 1. The Balaban J connectivity index is 2.01. The van der Waals surface area contributed by atoms with E-state index in [0.29, 0.717) is 23.4 Å². The minimum absolute atomic E-state index is 0.292. The summed E-state index contributed by atoms with van der Waals surface area (Å²) in [5.74, 6) is -0.739. The van der Waals surface area contributed by atoms with Gasteiger partial charge < -0.3 is 10.0 Å². The second kappa shape index (κ2) is 6.45. The first-order chi connectivity index (χ1) is 11.5. The van der Waals surface area contributed by atoms with Crippen molar-refractivity contribution in [1.82, 2.24) is 4.98 Å². The van der Waals surface area contributed by atoms with Gasteiger partial charge in [0.05, 0.1) is 12.1 Å². The molecule has 0 unspecified atom stereocenters. The van der Waals surface area contributed by atoms with Gasteiger partial charge in [0, 0.05) is 34.5 Å². The number of carbonyl (C=O) groups excluding carboxylic acids is 2. The summed E-state index contributed by atoms with van der Waals surface area (Å²) in [7, 11) is 0. The Morgan fingerprint density at radius 1 is 1.29 bits per heavy atom. The van der Waals surface area contributed by atoms with Crippen LogP contribution in [0.2, 0.25) is 0 Å². The van der Waals surface area contributed by atoms with Crippen LogP contribution in [0.5, 0.6) is 0 Å². The highest BCUT2D eigenvalue weighted by molar-refractivity contribution is 9.10. The second-order valence-electron chi connectivity index (χ2n) is 5.81. The largest absolute Gasteiger partial charge is 0.375 e. The van der Waals surface area contributed by atoms with Crippen LogP contribution in [0.3, 0.4) is 0 Å². The standard InChI is InChI=1S/C18H17BrN2O3/c1-2-9-21-15-4-3-13(19)10-14(15)18(24,17(21)23)11-16(22)12-5-7-20-8-6-12/h3-8,10,24H,2,9,11H2,1H3/t18-/m0/s1. The van der Waals surface area contributed by atoms with Gasteiger partial charge in [0.25, 0.3) is 5.91 Å². The van der Waals surface area contributed by atoms with Gasteiger partial charge in [-0.2, -0.15) is 0 Å². The van der Waals surface area contributed by atoms with Crippen molar-refractivity contribution in [2.75, 3.05) is 11.4 Å². The molecule has 0 saturated heterocycles.